The van der Waals surface area contributed by atoms with Crippen molar-refractivity contribution < 1.29 is 19.1 Å². The van der Waals surface area contributed by atoms with Gasteiger partial charge in [-0.3, -0.25) is 14.5 Å². The number of hydrogen-bond acceptors (Lipinski definition) is 5. The first kappa shape index (κ1) is 17.5. The molecule has 126 valence electrons. The molecular weight excluding hydrogens is 294 g/mol. The van der Waals surface area contributed by atoms with Crippen LogP contribution >= 0.6 is 0 Å². The highest BCUT2D eigenvalue weighted by atomic mass is 16.6. The van der Waals surface area contributed by atoms with Gasteiger partial charge in [-0.15, -0.1) is 0 Å². The Hall–Kier alpha value is -1.88. The predicted molar refractivity (Wildman–Crippen MR) is 86.8 cm³/mol. The number of likely N-dealkylation sites (tertiary alicyclic amines) is 1. The molecule has 0 atom stereocenters. The van der Waals surface area contributed by atoms with Crippen molar-refractivity contribution in [2.75, 3.05) is 19.6 Å². The molecule has 1 heterocycles. The van der Waals surface area contributed by atoms with Crippen molar-refractivity contribution in [2.45, 2.75) is 44.8 Å². The summed E-state index contributed by atoms with van der Waals surface area (Å²) in [4.78, 5) is 24.7. The number of esters is 1. The molecule has 1 aliphatic rings. The molecule has 0 aliphatic carbocycles. The first-order chi connectivity index (χ1) is 10.9. The SMILES string of the molecule is CCCC(=O)OC1(c2ccccc2)CN(CC(C)(C)OC=O)C1. The van der Waals surface area contributed by atoms with E-state index in [1.54, 1.807) is 0 Å². The predicted octanol–water partition coefficient (Wildman–Crippen LogP) is 2.49. The topological polar surface area (TPSA) is 55.8 Å². The van der Waals surface area contributed by atoms with Crippen LogP contribution in [0, 0.1) is 0 Å². The highest BCUT2D eigenvalue weighted by Gasteiger charge is 2.49. The molecule has 1 aliphatic heterocycles. The van der Waals surface area contributed by atoms with Crippen molar-refractivity contribution in [3.05, 3.63) is 35.9 Å². The van der Waals surface area contributed by atoms with E-state index in [2.05, 4.69) is 4.90 Å². The van der Waals surface area contributed by atoms with Gasteiger partial charge in [0, 0.05) is 26.1 Å². The Labute approximate surface area is 137 Å². The molecule has 0 saturated carbocycles. The fraction of sp³-hybridized carbons (Fsp3) is 0.556. The second-order valence-corrected chi connectivity index (χ2v) is 6.70. The third-order valence-corrected chi connectivity index (χ3v) is 3.99. The van der Waals surface area contributed by atoms with Crippen LogP contribution in [0.4, 0.5) is 0 Å². The lowest BCUT2D eigenvalue weighted by Crippen LogP contribution is -2.63. The van der Waals surface area contributed by atoms with E-state index in [1.807, 2.05) is 51.1 Å². The van der Waals surface area contributed by atoms with Crippen molar-refractivity contribution in [2.24, 2.45) is 0 Å². The van der Waals surface area contributed by atoms with Crippen molar-refractivity contribution in [1.82, 2.24) is 4.90 Å². The fourth-order valence-corrected chi connectivity index (χ4v) is 3.01. The summed E-state index contributed by atoms with van der Waals surface area (Å²) in [7, 11) is 0. The van der Waals surface area contributed by atoms with E-state index in [1.165, 1.54) is 0 Å². The van der Waals surface area contributed by atoms with Crippen LogP contribution in [0.25, 0.3) is 0 Å². The van der Waals surface area contributed by atoms with E-state index >= 15 is 0 Å². The summed E-state index contributed by atoms with van der Waals surface area (Å²) in [6.07, 6.45) is 1.20. The van der Waals surface area contributed by atoms with Crippen LogP contribution in [-0.2, 0) is 24.7 Å². The smallest absolute Gasteiger partial charge is 0.306 e. The molecule has 0 unspecified atom stereocenters. The summed E-state index contributed by atoms with van der Waals surface area (Å²) < 4.78 is 10.9. The number of rotatable bonds is 8. The Morgan fingerprint density at radius 3 is 2.52 bits per heavy atom. The standard InChI is InChI=1S/C18H25NO4/c1-4-8-16(21)23-18(15-9-6-5-7-10-15)12-19(13-18)11-17(2,3)22-14-20/h5-7,9-10,14H,4,8,11-13H2,1-3H3. The monoisotopic (exact) mass is 319 g/mol. The van der Waals surface area contributed by atoms with Crippen molar-refractivity contribution in [3.63, 3.8) is 0 Å². The molecule has 0 N–H and O–H groups in total. The second-order valence-electron chi connectivity index (χ2n) is 6.70. The van der Waals surface area contributed by atoms with Crippen LogP contribution in [-0.4, -0.2) is 42.6 Å². The maximum absolute atomic E-state index is 12.0. The molecular formula is C18H25NO4. The number of carbonyl (C=O) groups is 2. The first-order valence-corrected chi connectivity index (χ1v) is 8.02. The summed E-state index contributed by atoms with van der Waals surface area (Å²) >= 11 is 0. The number of carbonyl (C=O) groups excluding carboxylic acids is 2. The Morgan fingerprint density at radius 2 is 1.96 bits per heavy atom. The summed E-state index contributed by atoms with van der Waals surface area (Å²) in [6.45, 7) is 8.00. The lowest BCUT2D eigenvalue weighted by atomic mass is 9.84. The molecule has 5 heteroatoms. The van der Waals surface area contributed by atoms with Crippen molar-refractivity contribution in [1.29, 1.82) is 0 Å². The molecule has 0 radical (unpaired) electrons. The Balaban J connectivity index is 2.07. The van der Waals surface area contributed by atoms with Gasteiger partial charge in [0.15, 0.2) is 5.60 Å². The minimum Gasteiger partial charge on any atom is -0.461 e. The fourth-order valence-electron chi connectivity index (χ4n) is 3.01. The van der Waals surface area contributed by atoms with Crippen LogP contribution in [0.3, 0.4) is 0 Å². The molecule has 1 aromatic carbocycles. The minimum absolute atomic E-state index is 0.167. The molecule has 1 aromatic rings. The number of hydrogen-bond donors (Lipinski definition) is 0. The van der Waals surface area contributed by atoms with Gasteiger partial charge in [-0.2, -0.15) is 0 Å². The molecule has 1 fully saturated rings. The van der Waals surface area contributed by atoms with Gasteiger partial charge >= 0.3 is 5.97 Å². The average Bonchev–Trinajstić information content (AvgIpc) is 2.45. The Bertz CT molecular complexity index is 535. The maximum atomic E-state index is 12.0. The number of ether oxygens (including phenoxy) is 2. The third kappa shape index (κ3) is 4.32. The summed E-state index contributed by atoms with van der Waals surface area (Å²) in [5.41, 5.74) is -0.141. The molecule has 0 amide bonds. The summed E-state index contributed by atoms with van der Waals surface area (Å²) in [6, 6.07) is 9.83. The van der Waals surface area contributed by atoms with E-state index < -0.39 is 11.2 Å². The van der Waals surface area contributed by atoms with Gasteiger partial charge in [0.2, 0.25) is 0 Å². The zero-order valence-corrected chi connectivity index (χ0v) is 14.1. The molecule has 5 nitrogen and oxygen atoms in total. The van der Waals surface area contributed by atoms with Crippen LogP contribution in [0.2, 0.25) is 0 Å². The van der Waals surface area contributed by atoms with Gasteiger partial charge in [0.1, 0.15) is 5.60 Å². The van der Waals surface area contributed by atoms with Gasteiger partial charge in [-0.1, -0.05) is 37.3 Å². The lowest BCUT2D eigenvalue weighted by Gasteiger charge is -2.51. The summed E-state index contributed by atoms with van der Waals surface area (Å²) in [5, 5.41) is 0. The van der Waals surface area contributed by atoms with E-state index in [0.29, 0.717) is 32.5 Å². The quantitative estimate of drug-likeness (QED) is 0.544. The second kappa shape index (κ2) is 7.13. The molecule has 0 aromatic heterocycles. The van der Waals surface area contributed by atoms with E-state index in [-0.39, 0.29) is 5.97 Å². The normalized spacial score (nSPS) is 17.2. The highest BCUT2D eigenvalue weighted by Crippen LogP contribution is 2.37. The molecule has 0 bridgehead atoms. The minimum atomic E-state index is -0.592. The van der Waals surface area contributed by atoms with Crippen LogP contribution < -0.4 is 0 Å². The maximum Gasteiger partial charge on any atom is 0.306 e. The van der Waals surface area contributed by atoms with Crippen molar-refractivity contribution >= 4 is 12.4 Å². The lowest BCUT2D eigenvalue weighted by molar-refractivity contribution is -0.189. The van der Waals surface area contributed by atoms with Crippen molar-refractivity contribution in [3.8, 4) is 0 Å². The van der Waals surface area contributed by atoms with E-state index in [4.69, 9.17) is 9.47 Å². The van der Waals surface area contributed by atoms with Crippen LogP contribution in [0.15, 0.2) is 30.3 Å². The van der Waals surface area contributed by atoms with E-state index in [9.17, 15) is 9.59 Å². The van der Waals surface area contributed by atoms with Crippen LogP contribution in [0.1, 0.15) is 39.2 Å². The first-order valence-electron chi connectivity index (χ1n) is 8.02. The highest BCUT2D eigenvalue weighted by molar-refractivity contribution is 5.70. The Kier molecular flexibility index (Phi) is 5.42. The van der Waals surface area contributed by atoms with Gasteiger partial charge in [-0.05, 0) is 25.8 Å². The molecule has 0 spiro atoms. The Morgan fingerprint density at radius 1 is 1.30 bits per heavy atom. The van der Waals surface area contributed by atoms with Gasteiger partial charge in [0.25, 0.3) is 6.47 Å². The van der Waals surface area contributed by atoms with E-state index in [0.717, 1.165) is 12.0 Å². The number of nitrogens with zero attached hydrogens (tertiary/aromatic N) is 1. The summed E-state index contributed by atoms with van der Waals surface area (Å²) in [5.74, 6) is -0.167. The van der Waals surface area contributed by atoms with Crippen LogP contribution in [0.5, 0.6) is 0 Å². The zero-order valence-electron chi connectivity index (χ0n) is 14.1. The average molecular weight is 319 g/mol. The third-order valence-electron chi connectivity index (χ3n) is 3.99. The van der Waals surface area contributed by atoms with Gasteiger partial charge in [0.05, 0.1) is 0 Å². The van der Waals surface area contributed by atoms with Gasteiger partial charge in [-0.25, -0.2) is 0 Å². The number of benzene rings is 1. The van der Waals surface area contributed by atoms with Gasteiger partial charge < -0.3 is 9.47 Å². The molecule has 1 saturated heterocycles. The largest absolute Gasteiger partial charge is 0.461 e. The molecule has 23 heavy (non-hydrogen) atoms. The zero-order chi connectivity index (χ0) is 16.9. The molecule has 2 rings (SSSR count).